The van der Waals surface area contributed by atoms with Gasteiger partial charge in [0.1, 0.15) is 0 Å². The molecule has 0 spiro atoms. The summed E-state index contributed by atoms with van der Waals surface area (Å²) < 4.78 is 0. The second-order valence-electron chi connectivity index (χ2n) is 6.01. The van der Waals surface area contributed by atoms with Gasteiger partial charge in [0.15, 0.2) is 0 Å². The SMILES string of the molecule is C#C/C=C\CC1CCC[C@H]2N[C@@H](C/C=C\C#C)CC[C@@H]12. The zero-order valence-corrected chi connectivity index (χ0v) is 12.2. The van der Waals surface area contributed by atoms with Gasteiger partial charge >= 0.3 is 0 Å². The first-order valence-electron chi connectivity index (χ1n) is 7.83. The molecular weight excluding hydrogens is 242 g/mol. The summed E-state index contributed by atoms with van der Waals surface area (Å²) in [6.07, 6.45) is 27.4. The van der Waals surface area contributed by atoms with Gasteiger partial charge in [0.2, 0.25) is 0 Å². The Hall–Kier alpha value is -1.44. The lowest BCUT2D eigenvalue weighted by Crippen LogP contribution is -2.51. The molecule has 1 heteroatoms. The standard InChI is InChI=1S/C19H25N/c1-3-5-7-10-16-11-9-13-19-18(16)15-14-17(20-19)12-8-6-4-2/h1-2,5-8,16-20H,9-15H2/b7-5-,8-6-/t16?,17-,18-,19+/m0/s1. The number of rotatable bonds is 4. The van der Waals surface area contributed by atoms with Crippen LogP contribution in [0.4, 0.5) is 0 Å². The predicted octanol–water partition coefficient (Wildman–Crippen LogP) is 3.68. The Bertz CT molecular complexity index is 432. The van der Waals surface area contributed by atoms with Crippen LogP contribution in [-0.4, -0.2) is 12.1 Å². The Balaban J connectivity index is 1.87. The topological polar surface area (TPSA) is 12.0 Å². The van der Waals surface area contributed by atoms with Gasteiger partial charge in [0.05, 0.1) is 0 Å². The molecule has 0 bridgehead atoms. The summed E-state index contributed by atoms with van der Waals surface area (Å²) in [7, 11) is 0. The van der Waals surface area contributed by atoms with Crippen LogP contribution in [-0.2, 0) is 0 Å². The van der Waals surface area contributed by atoms with E-state index in [1.807, 2.05) is 12.2 Å². The number of hydrogen-bond acceptors (Lipinski definition) is 1. The van der Waals surface area contributed by atoms with Gasteiger partial charge in [-0.05, 0) is 62.5 Å². The summed E-state index contributed by atoms with van der Waals surface area (Å²) in [6.45, 7) is 0. The highest BCUT2D eigenvalue weighted by Crippen LogP contribution is 2.39. The number of terminal acetylenes is 2. The van der Waals surface area contributed by atoms with Gasteiger partial charge in [0, 0.05) is 12.1 Å². The highest BCUT2D eigenvalue weighted by Gasteiger charge is 2.36. The fraction of sp³-hybridized carbons (Fsp3) is 0.579. The van der Waals surface area contributed by atoms with E-state index in [0.717, 1.165) is 24.7 Å². The Morgan fingerprint density at radius 3 is 2.45 bits per heavy atom. The number of fused-ring (bicyclic) bond motifs is 1. The normalized spacial score (nSPS) is 33.7. The van der Waals surface area contributed by atoms with Crippen molar-refractivity contribution in [1.82, 2.24) is 5.32 Å². The van der Waals surface area contributed by atoms with Gasteiger partial charge in [-0.15, -0.1) is 12.8 Å². The summed E-state index contributed by atoms with van der Waals surface area (Å²) in [5, 5.41) is 3.85. The van der Waals surface area contributed by atoms with Crippen LogP contribution in [0.15, 0.2) is 24.3 Å². The van der Waals surface area contributed by atoms with Gasteiger partial charge in [-0.2, -0.15) is 0 Å². The fourth-order valence-electron chi connectivity index (χ4n) is 3.87. The largest absolute Gasteiger partial charge is 0.311 e. The molecule has 1 heterocycles. The minimum atomic E-state index is 0.612. The monoisotopic (exact) mass is 267 g/mol. The molecule has 106 valence electrons. The summed E-state index contributed by atoms with van der Waals surface area (Å²) in [5.41, 5.74) is 0. The van der Waals surface area contributed by atoms with E-state index in [1.165, 1.54) is 32.1 Å². The van der Waals surface area contributed by atoms with Crippen molar-refractivity contribution in [2.24, 2.45) is 11.8 Å². The molecule has 2 aliphatic rings. The van der Waals surface area contributed by atoms with Crippen molar-refractivity contribution in [3.8, 4) is 24.7 Å². The Morgan fingerprint density at radius 2 is 1.70 bits per heavy atom. The third-order valence-corrected chi connectivity index (χ3v) is 4.80. The van der Waals surface area contributed by atoms with Crippen LogP contribution in [0.3, 0.4) is 0 Å². The first-order chi connectivity index (χ1) is 9.85. The zero-order valence-electron chi connectivity index (χ0n) is 12.2. The summed E-state index contributed by atoms with van der Waals surface area (Å²) >= 11 is 0. The quantitative estimate of drug-likeness (QED) is 0.766. The fourth-order valence-corrected chi connectivity index (χ4v) is 3.87. The van der Waals surface area contributed by atoms with E-state index in [0.29, 0.717) is 12.1 Å². The van der Waals surface area contributed by atoms with E-state index in [-0.39, 0.29) is 0 Å². The van der Waals surface area contributed by atoms with Crippen molar-refractivity contribution in [2.45, 2.75) is 57.0 Å². The van der Waals surface area contributed by atoms with Crippen LogP contribution in [0.5, 0.6) is 0 Å². The molecule has 1 aliphatic carbocycles. The first kappa shape index (κ1) is 15.0. The summed E-state index contributed by atoms with van der Waals surface area (Å²) in [5.74, 6) is 6.81. The van der Waals surface area contributed by atoms with Gasteiger partial charge in [-0.3, -0.25) is 0 Å². The number of piperidine rings is 1. The molecule has 1 nitrogen and oxygen atoms in total. The van der Waals surface area contributed by atoms with E-state index in [4.69, 9.17) is 12.8 Å². The Labute approximate surface area is 123 Å². The molecule has 4 atom stereocenters. The third-order valence-electron chi connectivity index (χ3n) is 4.80. The second-order valence-corrected chi connectivity index (χ2v) is 6.01. The Kier molecular flexibility index (Phi) is 5.97. The summed E-state index contributed by atoms with van der Waals surface area (Å²) in [6, 6.07) is 1.31. The smallest absolute Gasteiger partial charge is 0.0105 e. The number of hydrogen-bond donors (Lipinski definition) is 1. The van der Waals surface area contributed by atoms with E-state index in [1.54, 1.807) is 0 Å². The molecule has 1 N–H and O–H groups in total. The van der Waals surface area contributed by atoms with Crippen molar-refractivity contribution in [3.05, 3.63) is 24.3 Å². The molecule has 0 amide bonds. The van der Waals surface area contributed by atoms with Gasteiger partial charge in [-0.25, -0.2) is 0 Å². The molecule has 1 unspecified atom stereocenters. The molecule has 20 heavy (non-hydrogen) atoms. The molecule has 2 rings (SSSR count). The van der Waals surface area contributed by atoms with Crippen LogP contribution in [0, 0.1) is 36.5 Å². The minimum Gasteiger partial charge on any atom is -0.311 e. The highest BCUT2D eigenvalue weighted by molar-refractivity contribution is 5.10. The van der Waals surface area contributed by atoms with E-state index < -0.39 is 0 Å². The minimum absolute atomic E-state index is 0.612. The third kappa shape index (κ3) is 4.03. The molecule has 0 aromatic heterocycles. The van der Waals surface area contributed by atoms with Crippen molar-refractivity contribution < 1.29 is 0 Å². The average Bonchev–Trinajstić information content (AvgIpc) is 2.48. The van der Waals surface area contributed by atoms with E-state index in [2.05, 4.69) is 29.3 Å². The van der Waals surface area contributed by atoms with E-state index >= 15 is 0 Å². The maximum Gasteiger partial charge on any atom is 0.0105 e. The molecular formula is C19H25N. The highest BCUT2D eigenvalue weighted by atomic mass is 15.0. The molecule has 0 aromatic rings. The Morgan fingerprint density at radius 1 is 0.950 bits per heavy atom. The van der Waals surface area contributed by atoms with Gasteiger partial charge < -0.3 is 5.32 Å². The lowest BCUT2D eigenvalue weighted by atomic mass is 9.69. The molecule has 1 aliphatic heterocycles. The maximum atomic E-state index is 5.28. The predicted molar refractivity (Wildman–Crippen MR) is 86.0 cm³/mol. The molecule has 1 saturated carbocycles. The molecule has 0 aromatic carbocycles. The van der Waals surface area contributed by atoms with Gasteiger partial charge in [-0.1, -0.05) is 30.4 Å². The molecule has 0 radical (unpaired) electrons. The first-order valence-corrected chi connectivity index (χ1v) is 7.83. The second kappa shape index (κ2) is 7.98. The number of allylic oxidation sites excluding steroid dienone is 3. The lowest BCUT2D eigenvalue weighted by Gasteiger charge is -2.44. The molecule has 1 saturated heterocycles. The van der Waals surface area contributed by atoms with Crippen LogP contribution in [0.1, 0.15) is 44.9 Å². The zero-order chi connectivity index (χ0) is 14.2. The number of nitrogens with one attached hydrogen (secondary N) is 1. The van der Waals surface area contributed by atoms with Crippen molar-refractivity contribution in [2.75, 3.05) is 0 Å². The van der Waals surface area contributed by atoms with Crippen LogP contribution < -0.4 is 5.32 Å². The average molecular weight is 267 g/mol. The van der Waals surface area contributed by atoms with Crippen LogP contribution >= 0.6 is 0 Å². The van der Waals surface area contributed by atoms with Crippen LogP contribution in [0.25, 0.3) is 0 Å². The van der Waals surface area contributed by atoms with Crippen molar-refractivity contribution >= 4 is 0 Å². The van der Waals surface area contributed by atoms with Crippen molar-refractivity contribution in [3.63, 3.8) is 0 Å². The molecule has 2 fully saturated rings. The maximum absolute atomic E-state index is 5.28. The van der Waals surface area contributed by atoms with Crippen LogP contribution in [0.2, 0.25) is 0 Å². The van der Waals surface area contributed by atoms with Gasteiger partial charge in [0.25, 0.3) is 0 Å². The van der Waals surface area contributed by atoms with Crippen molar-refractivity contribution in [1.29, 1.82) is 0 Å². The summed E-state index contributed by atoms with van der Waals surface area (Å²) in [4.78, 5) is 0. The lowest BCUT2D eigenvalue weighted by molar-refractivity contribution is 0.117. The van der Waals surface area contributed by atoms with E-state index in [9.17, 15) is 0 Å².